The van der Waals surface area contributed by atoms with E-state index in [1.165, 1.54) is 32.3 Å². The number of carbonyl (C=O) groups is 1. The van der Waals surface area contributed by atoms with Crippen molar-refractivity contribution in [3.63, 3.8) is 0 Å². The van der Waals surface area contributed by atoms with Crippen molar-refractivity contribution in [1.82, 2.24) is 9.62 Å². The van der Waals surface area contributed by atoms with E-state index in [0.29, 0.717) is 24.7 Å². The SMILES string of the molecule is CCOc1ccc(C(NC(=O)c2ccc(Cl)c(S(=O)(=O)N(C)C)c2)C(C)C)cc1OCC. The number of amides is 1. The molecule has 0 saturated carbocycles. The fourth-order valence-corrected chi connectivity index (χ4v) is 4.55. The number of ether oxygens (including phenoxy) is 2. The summed E-state index contributed by atoms with van der Waals surface area (Å²) >= 11 is 6.11. The largest absolute Gasteiger partial charge is 0.490 e. The van der Waals surface area contributed by atoms with Crippen LogP contribution in [0.1, 0.15) is 49.7 Å². The Kier molecular flexibility index (Phi) is 8.95. The lowest BCUT2D eigenvalue weighted by molar-refractivity contribution is 0.0925. The number of hydrogen-bond acceptors (Lipinski definition) is 5. The molecule has 9 heteroatoms. The zero-order valence-electron chi connectivity index (χ0n) is 19.3. The lowest BCUT2D eigenvalue weighted by Crippen LogP contribution is -2.32. The first kappa shape index (κ1) is 26.0. The number of hydrogen-bond donors (Lipinski definition) is 1. The maximum absolute atomic E-state index is 13.1. The van der Waals surface area contributed by atoms with Gasteiger partial charge in [-0.05, 0) is 55.7 Å². The molecule has 32 heavy (non-hydrogen) atoms. The molecule has 2 aromatic carbocycles. The zero-order chi connectivity index (χ0) is 24.1. The molecule has 1 amide bonds. The van der Waals surface area contributed by atoms with Crippen molar-refractivity contribution in [2.45, 2.75) is 38.6 Å². The molecule has 1 N–H and O–H groups in total. The minimum absolute atomic E-state index is 0.0588. The van der Waals surface area contributed by atoms with Gasteiger partial charge in [0.05, 0.1) is 24.3 Å². The summed E-state index contributed by atoms with van der Waals surface area (Å²) in [7, 11) is -0.968. The molecule has 176 valence electrons. The van der Waals surface area contributed by atoms with Gasteiger partial charge in [0.15, 0.2) is 11.5 Å². The predicted octanol–water partition coefficient (Wildman–Crippen LogP) is 4.51. The number of rotatable bonds is 10. The molecule has 2 aromatic rings. The van der Waals surface area contributed by atoms with Gasteiger partial charge >= 0.3 is 0 Å². The van der Waals surface area contributed by atoms with Crippen molar-refractivity contribution in [2.75, 3.05) is 27.3 Å². The molecule has 0 bridgehead atoms. The third-order valence-corrected chi connectivity index (χ3v) is 7.13. The average molecular weight is 483 g/mol. The zero-order valence-corrected chi connectivity index (χ0v) is 20.9. The van der Waals surface area contributed by atoms with Crippen LogP contribution in [0.15, 0.2) is 41.3 Å². The first-order valence-electron chi connectivity index (χ1n) is 10.4. The minimum Gasteiger partial charge on any atom is -0.490 e. The lowest BCUT2D eigenvalue weighted by Gasteiger charge is -2.24. The van der Waals surface area contributed by atoms with Crippen LogP contribution in [0.5, 0.6) is 11.5 Å². The molecule has 0 spiro atoms. The summed E-state index contributed by atoms with van der Waals surface area (Å²) in [6.45, 7) is 8.77. The summed E-state index contributed by atoms with van der Waals surface area (Å²) in [4.78, 5) is 12.9. The normalized spacial score (nSPS) is 12.7. The van der Waals surface area contributed by atoms with Gasteiger partial charge in [-0.1, -0.05) is 31.5 Å². The lowest BCUT2D eigenvalue weighted by atomic mass is 9.95. The number of nitrogens with zero attached hydrogens (tertiary/aromatic N) is 1. The highest BCUT2D eigenvalue weighted by molar-refractivity contribution is 7.89. The van der Waals surface area contributed by atoms with Gasteiger partial charge in [-0.25, -0.2) is 12.7 Å². The highest BCUT2D eigenvalue weighted by Crippen LogP contribution is 2.33. The summed E-state index contributed by atoms with van der Waals surface area (Å²) in [6.07, 6.45) is 0. The number of halogens is 1. The van der Waals surface area contributed by atoms with E-state index in [9.17, 15) is 13.2 Å². The van der Waals surface area contributed by atoms with E-state index < -0.39 is 15.9 Å². The first-order chi connectivity index (χ1) is 15.0. The van der Waals surface area contributed by atoms with Gasteiger partial charge in [0.1, 0.15) is 4.90 Å². The third-order valence-electron chi connectivity index (χ3n) is 4.83. The Labute approximate surface area is 195 Å². The van der Waals surface area contributed by atoms with Crippen LogP contribution in [0.3, 0.4) is 0 Å². The van der Waals surface area contributed by atoms with Crippen LogP contribution in [-0.4, -0.2) is 45.9 Å². The summed E-state index contributed by atoms with van der Waals surface area (Å²) in [6, 6.07) is 9.48. The van der Waals surface area contributed by atoms with Crippen molar-refractivity contribution >= 4 is 27.5 Å². The van der Waals surface area contributed by atoms with Crippen molar-refractivity contribution in [3.8, 4) is 11.5 Å². The molecule has 0 radical (unpaired) electrons. The van der Waals surface area contributed by atoms with Crippen LogP contribution in [0.2, 0.25) is 5.02 Å². The van der Waals surface area contributed by atoms with E-state index in [4.69, 9.17) is 21.1 Å². The molecule has 0 aliphatic rings. The molecular weight excluding hydrogens is 452 g/mol. The van der Waals surface area contributed by atoms with E-state index in [2.05, 4.69) is 5.32 Å². The third kappa shape index (κ3) is 5.94. The van der Waals surface area contributed by atoms with Crippen molar-refractivity contribution < 1.29 is 22.7 Å². The predicted molar refractivity (Wildman–Crippen MR) is 126 cm³/mol. The summed E-state index contributed by atoms with van der Waals surface area (Å²) in [5, 5.41) is 3.07. The smallest absolute Gasteiger partial charge is 0.251 e. The molecule has 0 aliphatic carbocycles. The van der Waals surface area contributed by atoms with Gasteiger partial charge in [-0.3, -0.25) is 4.79 Å². The van der Waals surface area contributed by atoms with Crippen LogP contribution in [-0.2, 0) is 10.0 Å². The average Bonchev–Trinajstić information content (AvgIpc) is 2.73. The van der Waals surface area contributed by atoms with Crippen LogP contribution in [0.4, 0.5) is 0 Å². The first-order valence-corrected chi connectivity index (χ1v) is 12.3. The Bertz CT molecular complexity index is 1050. The van der Waals surface area contributed by atoms with E-state index >= 15 is 0 Å². The van der Waals surface area contributed by atoms with Gasteiger partial charge in [0, 0.05) is 19.7 Å². The Morgan fingerprint density at radius 2 is 1.66 bits per heavy atom. The van der Waals surface area contributed by atoms with Gasteiger partial charge in [-0.15, -0.1) is 0 Å². The Hall–Kier alpha value is -2.29. The second-order valence-corrected chi connectivity index (χ2v) is 10.2. The fourth-order valence-electron chi connectivity index (χ4n) is 3.16. The van der Waals surface area contributed by atoms with Crippen molar-refractivity contribution in [3.05, 3.63) is 52.5 Å². The van der Waals surface area contributed by atoms with Crippen LogP contribution >= 0.6 is 11.6 Å². The van der Waals surface area contributed by atoms with Gasteiger partial charge < -0.3 is 14.8 Å². The fraction of sp³-hybridized carbons (Fsp3) is 0.435. The molecule has 7 nitrogen and oxygen atoms in total. The standard InChI is InChI=1S/C23H31ClN2O5S/c1-7-30-19-12-10-16(13-20(19)31-8-2)22(15(3)4)25-23(27)17-9-11-18(24)21(14-17)32(28,29)26(5)6/h9-15,22H,7-8H2,1-6H3,(H,25,27). The van der Waals surface area contributed by atoms with Gasteiger partial charge in [-0.2, -0.15) is 0 Å². The second kappa shape index (κ2) is 11.0. The van der Waals surface area contributed by atoms with E-state index in [1.807, 2.05) is 45.9 Å². The Balaban J connectivity index is 2.39. The molecule has 1 unspecified atom stereocenters. The number of nitrogens with one attached hydrogen (secondary N) is 1. The monoisotopic (exact) mass is 482 g/mol. The Morgan fingerprint density at radius 1 is 1.03 bits per heavy atom. The number of sulfonamides is 1. The molecule has 2 rings (SSSR count). The maximum atomic E-state index is 13.1. The molecule has 1 atom stereocenters. The summed E-state index contributed by atoms with van der Waals surface area (Å²) in [5.41, 5.74) is 1.06. The molecule has 0 fully saturated rings. The van der Waals surface area contributed by atoms with Gasteiger partial charge in [0.2, 0.25) is 10.0 Å². The minimum atomic E-state index is -3.79. The maximum Gasteiger partial charge on any atom is 0.251 e. The molecule has 0 heterocycles. The van der Waals surface area contributed by atoms with Gasteiger partial charge in [0.25, 0.3) is 5.91 Å². The number of carbonyl (C=O) groups excluding carboxylic acids is 1. The topological polar surface area (TPSA) is 84.9 Å². The second-order valence-electron chi connectivity index (χ2n) is 7.70. The van der Waals surface area contributed by atoms with E-state index in [-0.39, 0.29) is 27.4 Å². The Morgan fingerprint density at radius 3 is 2.22 bits per heavy atom. The summed E-state index contributed by atoms with van der Waals surface area (Å²) in [5.74, 6) is 0.909. The molecule has 0 saturated heterocycles. The quantitative estimate of drug-likeness (QED) is 0.538. The molecule has 0 aliphatic heterocycles. The van der Waals surface area contributed by atoms with Crippen LogP contribution < -0.4 is 14.8 Å². The highest BCUT2D eigenvalue weighted by Gasteiger charge is 2.25. The highest BCUT2D eigenvalue weighted by atomic mass is 35.5. The van der Waals surface area contributed by atoms with Crippen molar-refractivity contribution in [2.24, 2.45) is 5.92 Å². The van der Waals surface area contributed by atoms with Crippen LogP contribution in [0, 0.1) is 5.92 Å². The molecular formula is C23H31ClN2O5S. The van der Waals surface area contributed by atoms with E-state index in [0.717, 1.165) is 9.87 Å². The summed E-state index contributed by atoms with van der Waals surface area (Å²) < 4.78 is 37.5. The van der Waals surface area contributed by atoms with Crippen LogP contribution in [0.25, 0.3) is 0 Å². The van der Waals surface area contributed by atoms with Crippen molar-refractivity contribution in [1.29, 1.82) is 0 Å². The van der Waals surface area contributed by atoms with E-state index in [1.54, 1.807) is 0 Å². The number of benzene rings is 2. The molecule has 0 aromatic heterocycles.